The Morgan fingerprint density at radius 2 is 1.59 bits per heavy atom. The number of nitrogens with zero attached hydrogens (tertiary/aromatic N) is 2. The summed E-state index contributed by atoms with van der Waals surface area (Å²) < 4.78 is 38.9. The van der Waals surface area contributed by atoms with Crippen LogP contribution in [0.2, 0.25) is 29.7 Å². The third kappa shape index (κ3) is 4.58. The molecule has 27 heavy (non-hydrogen) atoms. The Hall–Kier alpha value is -2.15. The summed E-state index contributed by atoms with van der Waals surface area (Å²) in [6.07, 6.45) is -4.96. The Morgan fingerprint density at radius 1 is 1.07 bits per heavy atom. The van der Waals surface area contributed by atoms with Crippen molar-refractivity contribution in [1.82, 2.24) is 9.24 Å². The van der Waals surface area contributed by atoms with Crippen LogP contribution in [-0.4, -0.2) is 17.3 Å². The zero-order chi connectivity index (χ0) is 20.7. The van der Waals surface area contributed by atoms with Gasteiger partial charge < -0.3 is 5.84 Å². The van der Waals surface area contributed by atoms with Crippen molar-refractivity contribution in [2.75, 3.05) is 5.84 Å². The molecule has 0 aliphatic rings. The van der Waals surface area contributed by atoms with Gasteiger partial charge in [-0.05, 0) is 12.1 Å². The molecule has 1 heterocycles. The summed E-state index contributed by atoms with van der Waals surface area (Å²) in [5.41, 5.74) is -0.913. The number of nitrogens with two attached hydrogens (primary N) is 1. The van der Waals surface area contributed by atoms with Crippen LogP contribution in [0.25, 0.3) is 5.69 Å². The Balaban J connectivity index is 2.71. The number of hydrogen-bond donors (Lipinski definition) is 1. The molecule has 0 aliphatic carbocycles. The molecule has 0 amide bonds. The highest BCUT2D eigenvalue weighted by molar-refractivity contribution is 6.83. The van der Waals surface area contributed by atoms with E-state index in [4.69, 9.17) is 29.0 Å². The molecule has 2 N–H and O–H groups in total. The fourth-order valence-corrected chi connectivity index (χ4v) is 3.14. The lowest BCUT2D eigenvalue weighted by molar-refractivity contribution is -0.143. The average Bonchev–Trinajstić information content (AvgIpc) is 2.48. The van der Waals surface area contributed by atoms with E-state index in [1.165, 1.54) is 12.1 Å². The van der Waals surface area contributed by atoms with E-state index in [1.807, 2.05) is 19.6 Å². The van der Waals surface area contributed by atoms with Crippen molar-refractivity contribution in [1.29, 1.82) is 0 Å². The summed E-state index contributed by atoms with van der Waals surface area (Å²) in [4.78, 5) is 24.3. The molecular weight excluding hydrogens is 422 g/mol. The van der Waals surface area contributed by atoms with Crippen molar-refractivity contribution in [3.05, 3.63) is 60.3 Å². The van der Waals surface area contributed by atoms with Crippen LogP contribution in [0.3, 0.4) is 0 Å². The highest BCUT2D eigenvalue weighted by atomic mass is 35.5. The van der Waals surface area contributed by atoms with E-state index in [0.717, 1.165) is 0 Å². The van der Waals surface area contributed by atoms with Gasteiger partial charge in [0.2, 0.25) is 0 Å². The lowest BCUT2D eigenvalue weighted by Crippen LogP contribution is -2.45. The molecule has 1 aromatic heterocycles. The summed E-state index contributed by atoms with van der Waals surface area (Å²) in [7, 11) is -1.72. The highest BCUT2D eigenvalue weighted by Gasteiger charge is 2.35. The van der Waals surface area contributed by atoms with Gasteiger partial charge in [0.1, 0.15) is 8.07 Å². The van der Waals surface area contributed by atoms with Gasteiger partial charge in [-0.3, -0.25) is 4.79 Å². The minimum atomic E-state index is -4.96. The van der Waals surface area contributed by atoms with Gasteiger partial charge in [0.25, 0.3) is 5.56 Å². The number of benzene rings is 1. The van der Waals surface area contributed by atoms with E-state index in [1.54, 1.807) is 0 Å². The number of nitrogen functional groups attached to an aromatic ring is 1. The Kier molecular flexibility index (Phi) is 5.57. The first-order chi connectivity index (χ1) is 12.2. The zero-order valence-electron chi connectivity index (χ0n) is 14.4. The smallest absolute Gasteiger partial charge is 0.335 e. The largest absolute Gasteiger partial charge is 0.433 e. The molecule has 1 aromatic carbocycles. The van der Waals surface area contributed by atoms with E-state index in [-0.39, 0.29) is 26.5 Å². The fourth-order valence-electron chi connectivity index (χ4n) is 2.07. The molecule has 0 spiro atoms. The maximum Gasteiger partial charge on any atom is 0.433 e. The molecule has 0 saturated heterocycles. The van der Waals surface area contributed by atoms with Gasteiger partial charge in [0.15, 0.2) is 5.69 Å². The van der Waals surface area contributed by atoms with Crippen LogP contribution >= 0.6 is 23.2 Å². The molecule has 0 fully saturated rings. The summed E-state index contributed by atoms with van der Waals surface area (Å²) >= 11 is 12.3. The predicted octanol–water partition coefficient (Wildman–Crippen LogP) is 3.27. The minimum absolute atomic E-state index is 0.0537. The molecule has 144 valence electrons. The fraction of sp³-hybridized carbons (Fsp3) is 0.250. The molecule has 0 atom stereocenters. The van der Waals surface area contributed by atoms with E-state index >= 15 is 0 Å². The van der Waals surface area contributed by atoms with Crippen LogP contribution in [-0.2, 0) is 6.18 Å². The van der Waals surface area contributed by atoms with Gasteiger partial charge in [-0.2, -0.15) is 13.2 Å². The van der Waals surface area contributed by atoms with E-state index in [0.29, 0.717) is 10.1 Å². The molecule has 11 heteroatoms. The normalized spacial score (nSPS) is 11.9. The van der Waals surface area contributed by atoms with Gasteiger partial charge in [-0.1, -0.05) is 48.8 Å². The monoisotopic (exact) mass is 435 g/mol. The van der Waals surface area contributed by atoms with E-state index in [9.17, 15) is 22.8 Å². The number of halogens is 5. The predicted molar refractivity (Wildman–Crippen MR) is 102 cm³/mol. The van der Waals surface area contributed by atoms with Crippen molar-refractivity contribution in [3.63, 3.8) is 0 Å². The van der Waals surface area contributed by atoms with Crippen molar-refractivity contribution < 1.29 is 13.2 Å². The molecule has 2 rings (SSSR count). The number of alkyl halides is 3. The summed E-state index contributed by atoms with van der Waals surface area (Å²) in [6.45, 7) is 6.05. The van der Waals surface area contributed by atoms with Crippen molar-refractivity contribution in [3.8, 4) is 17.2 Å². The number of hydrogen-bond acceptors (Lipinski definition) is 3. The first-order valence-corrected chi connectivity index (χ1v) is 11.7. The SMILES string of the molecule is C[Si](C)(C)C#Cc1c(Cl)cc(-n2c(=O)cc(C(F)(F)F)n(N)c2=O)cc1Cl. The van der Waals surface area contributed by atoms with Crippen molar-refractivity contribution >= 4 is 31.3 Å². The van der Waals surface area contributed by atoms with Gasteiger partial charge in [-0.25, -0.2) is 14.0 Å². The standard InChI is InChI=1S/C16H14Cl2F3N3O2Si/c1-27(2,3)5-4-10-11(17)6-9(7-12(10)18)23-14(25)8-13(16(19,20)21)24(22)15(23)26/h6-8H,22H2,1-3H3. The van der Waals surface area contributed by atoms with Crippen LogP contribution in [0.4, 0.5) is 13.2 Å². The first kappa shape index (κ1) is 21.2. The summed E-state index contributed by atoms with van der Waals surface area (Å²) in [6, 6.07) is 2.66. The molecule has 0 radical (unpaired) electrons. The van der Waals surface area contributed by atoms with Gasteiger partial charge in [0.05, 0.1) is 21.3 Å². The second-order valence-corrected chi connectivity index (χ2v) is 12.2. The van der Waals surface area contributed by atoms with Crippen molar-refractivity contribution in [2.24, 2.45) is 0 Å². The van der Waals surface area contributed by atoms with Crippen LogP contribution in [0.15, 0.2) is 27.8 Å². The van der Waals surface area contributed by atoms with E-state index in [2.05, 4.69) is 11.5 Å². The maximum atomic E-state index is 12.9. The van der Waals surface area contributed by atoms with Crippen LogP contribution in [0.1, 0.15) is 11.3 Å². The van der Waals surface area contributed by atoms with Gasteiger partial charge >= 0.3 is 11.9 Å². The van der Waals surface area contributed by atoms with Crippen molar-refractivity contribution in [2.45, 2.75) is 25.8 Å². The second kappa shape index (κ2) is 7.11. The Morgan fingerprint density at radius 3 is 2.04 bits per heavy atom. The van der Waals surface area contributed by atoms with E-state index < -0.39 is 31.2 Å². The average molecular weight is 436 g/mol. The van der Waals surface area contributed by atoms with Gasteiger partial charge in [0, 0.05) is 6.07 Å². The lowest BCUT2D eigenvalue weighted by Gasteiger charge is -2.14. The number of rotatable bonds is 1. The second-order valence-electron chi connectivity index (χ2n) is 6.64. The third-order valence-corrected chi connectivity index (χ3v) is 4.75. The molecule has 0 unspecified atom stereocenters. The molecule has 5 nitrogen and oxygen atoms in total. The molecule has 0 bridgehead atoms. The summed E-state index contributed by atoms with van der Waals surface area (Å²) in [5, 5.41) is 0.107. The quantitative estimate of drug-likeness (QED) is 0.424. The molecule has 2 aromatic rings. The topological polar surface area (TPSA) is 70.0 Å². The highest BCUT2D eigenvalue weighted by Crippen LogP contribution is 2.28. The zero-order valence-corrected chi connectivity index (χ0v) is 16.9. The molecule has 0 saturated carbocycles. The van der Waals surface area contributed by atoms with Crippen LogP contribution in [0.5, 0.6) is 0 Å². The van der Waals surface area contributed by atoms with Crippen LogP contribution < -0.4 is 17.1 Å². The molecule has 0 aliphatic heterocycles. The lowest BCUT2D eigenvalue weighted by atomic mass is 10.2. The number of aromatic nitrogens is 2. The Bertz CT molecular complexity index is 1070. The maximum absolute atomic E-state index is 12.9. The Labute approximate surface area is 163 Å². The first-order valence-electron chi connectivity index (χ1n) is 7.46. The third-order valence-electron chi connectivity index (χ3n) is 3.28. The summed E-state index contributed by atoms with van der Waals surface area (Å²) in [5.74, 6) is 8.09. The van der Waals surface area contributed by atoms with Gasteiger partial charge in [-0.15, -0.1) is 5.54 Å². The minimum Gasteiger partial charge on any atom is -0.335 e. The van der Waals surface area contributed by atoms with Crippen LogP contribution in [0, 0.1) is 11.5 Å². The molecular formula is C16H14Cl2F3N3O2Si.